The summed E-state index contributed by atoms with van der Waals surface area (Å²) in [5.41, 5.74) is 0.405. The molecule has 2 aliphatic heterocycles. The van der Waals surface area contributed by atoms with Gasteiger partial charge in [0.15, 0.2) is 11.5 Å². The lowest BCUT2D eigenvalue weighted by molar-refractivity contribution is -0.286. The quantitative estimate of drug-likeness (QED) is 0.873. The maximum absolute atomic E-state index is 12.9. The van der Waals surface area contributed by atoms with Crippen molar-refractivity contribution in [1.29, 1.82) is 0 Å². The number of anilines is 1. The molecule has 0 bridgehead atoms. The Bertz CT molecular complexity index is 530. The summed E-state index contributed by atoms with van der Waals surface area (Å²) in [7, 11) is 0. The summed E-state index contributed by atoms with van der Waals surface area (Å²) in [4.78, 5) is 12.0. The summed E-state index contributed by atoms with van der Waals surface area (Å²) in [5, 5.41) is 5.80. The minimum absolute atomic E-state index is 0.0382. The Morgan fingerprint density at radius 2 is 2.10 bits per heavy atom. The Labute approximate surface area is 114 Å². The minimum atomic E-state index is -3.64. The number of carbonyl (C=O) groups excluding carboxylic acids is 1. The van der Waals surface area contributed by atoms with Crippen LogP contribution >= 0.6 is 0 Å². The second-order valence-electron chi connectivity index (χ2n) is 4.82. The van der Waals surface area contributed by atoms with Gasteiger partial charge in [-0.05, 0) is 31.5 Å². The molecule has 20 heavy (non-hydrogen) atoms. The third-order valence-corrected chi connectivity index (χ3v) is 3.30. The van der Waals surface area contributed by atoms with Crippen LogP contribution in [0.4, 0.5) is 14.5 Å². The van der Waals surface area contributed by atoms with Crippen LogP contribution in [0.1, 0.15) is 19.3 Å². The number of halogens is 2. The van der Waals surface area contributed by atoms with Gasteiger partial charge < -0.3 is 20.1 Å². The summed E-state index contributed by atoms with van der Waals surface area (Å²) in [6, 6.07) is 3.94. The largest absolute Gasteiger partial charge is 0.586 e. The van der Waals surface area contributed by atoms with E-state index < -0.39 is 6.29 Å². The SMILES string of the molecule is O=C(Nc1ccc2c(c1)OC(F)(F)O2)C1CCCCN1. The number of hydrogen-bond donors (Lipinski definition) is 2. The Balaban J connectivity index is 1.68. The van der Waals surface area contributed by atoms with E-state index in [4.69, 9.17) is 0 Å². The summed E-state index contributed by atoms with van der Waals surface area (Å²) < 4.78 is 34.4. The first-order valence-corrected chi connectivity index (χ1v) is 6.48. The van der Waals surface area contributed by atoms with Gasteiger partial charge in [0.05, 0.1) is 6.04 Å². The van der Waals surface area contributed by atoms with Crippen molar-refractivity contribution in [3.05, 3.63) is 18.2 Å². The number of nitrogens with one attached hydrogen (secondary N) is 2. The van der Waals surface area contributed by atoms with Crippen LogP contribution in [0.25, 0.3) is 0 Å². The summed E-state index contributed by atoms with van der Waals surface area (Å²) in [6.45, 7) is 0.811. The molecule has 0 spiro atoms. The second kappa shape index (κ2) is 4.90. The Hall–Kier alpha value is -1.89. The molecule has 0 aromatic heterocycles. The number of ether oxygens (including phenoxy) is 2. The first kappa shape index (κ1) is 13.1. The predicted molar refractivity (Wildman–Crippen MR) is 66.9 cm³/mol. The van der Waals surface area contributed by atoms with Gasteiger partial charge in [-0.15, -0.1) is 8.78 Å². The number of hydrogen-bond acceptors (Lipinski definition) is 4. The van der Waals surface area contributed by atoms with Crippen molar-refractivity contribution in [3.8, 4) is 11.5 Å². The van der Waals surface area contributed by atoms with Gasteiger partial charge in [0.2, 0.25) is 5.91 Å². The number of rotatable bonds is 2. The van der Waals surface area contributed by atoms with E-state index in [-0.39, 0.29) is 23.4 Å². The fourth-order valence-electron chi connectivity index (χ4n) is 2.33. The van der Waals surface area contributed by atoms with Crippen molar-refractivity contribution in [2.45, 2.75) is 31.6 Å². The highest BCUT2D eigenvalue weighted by Crippen LogP contribution is 2.42. The van der Waals surface area contributed by atoms with Crippen LogP contribution in [0.15, 0.2) is 18.2 Å². The van der Waals surface area contributed by atoms with Gasteiger partial charge in [-0.25, -0.2) is 0 Å². The summed E-state index contributed by atoms with van der Waals surface area (Å²) in [5.74, 6) is -0.288. The zero-order valence-corrected chi connectivity index (χ0v) is 10.6. The Morgan fingerprint density at radius 3 is 2.85 bits per heavy atom. The topological polar surface area (TPSA) is 59.6 Å². The van der Waals surface area contributed by atoms with Crippen molar-refractivity contribution in [3.63, 3.8) is 0 Å². The van der Waals surface area contributed by atoms with Crippen LogP contribution in [0.3, 0.4) is 0 Å². The Morgan fingerprint density at radius 1 is 1.30 bits per heavy atom. The highest BCUT2D eigenvalue weighted by molar-refractivity contribution is 5.95. The molecule has 0 radical (unpaired) electrons. The molecule has 1 aromatic carbocycles. The van der Waals surface area contributed by atoms with E-state index in [1.54, 1.807) is 0 Å². The van der Waals surface area contributed by atoms with Crippen LogP contribution in [-0.4, -0.2) is 24.8 Å². The smallest absolute Gasteiger partial charge is 0.395 e. The number of fused-ring (bicyclic) bond motifs is 1. The van der Waals surface area contributed by atoms with Gasteiger partial charge >= 0.3 is 6.29 Å². The normalized spacial score (nSPS) is 23.4. The molecule has 108 valence electrons. The molecule has 2 aliphatic rings. The molecule has 7 heteroatoms. The molecule has 1 aromatic rings. The van der Waals surface area contributed by atoms with Crippen molar-refractivity contribution < 1.29 is 23.0 Å². The molecule has 5 nitrogen and oxygen atoms in total. The maximum atomic E-state index is 12.9. The van der Waals surface area contributed by atoms with Crippen LogP contribution < -0.4 is 20.1 Å². The van der Waals surface area contributed by atoms with Crippen molar-refractivity contribution in [1.82, 2.24) is 5.32 Å². The first-order valence-electron chi connectivity index (χ1n) is 6.48. The van der Waals surface area contributed by atoms with Gasteiger partial charge in [-0.3, -0.25) is 4.79 Å². The predicted octanol–water partition coefficient (Wildman–Crippen LogP) is 2.09. The number of alkyl halides is 2. The molecule has 0 saturated carbocycles. The van der Waals surface area contributed by atoms with Crippen LogP contribution in [0, 0.1) is 0 Å². The number of carbonyl (C=O) groups is 1. The van der Waals surface area contributed by atoms with Crippen molar-refractivity contribution >= 4 is 11.6 Å². The zero-order valence-electron chi connectivity index (χ0n) is 10.6. The van der Waals surface area contributed by atoms with E-state index in [1.807, 2.05) is 0 Å². The van der Waals surface area contributed by atoms with E-state index in [1.165, 1.54) is 18.2 Å². The standard InChI is InChI=1S/C13H14F2N2O3/c14-13(15)19-10-5-4-8(7-11(10)20-13)17-12(18)9-3-1-2-6-16-9/h4-5,7,9,16H,1-3,6H2,(H,17,18). The molecule has 1 fully saturated rings. The number of amides is 1. The third-order valence-electron chi connectivity index (χ3n) is 3.30. The summed E-state index contributed by atoms with van der Waals surface area (Å²) >= 11 is 0. The number of benzene rings is 1. The molecule has 1 atom stereocenters. The lowest BCUT2D eigenvalue weighted by atomic mass is 10.0. The van der Waals surface area contributed by atoms with Gasteiger partial charge in [-0.2, -0.15) is 0 Å². The van der Waals surface area contributed by atoms with E-state index in [9.17, 15) is 13.6 Å². The lowest BCUT2D eigenvalue weighted by Crippen LogP contribution is -2.43. The van der Waals surface area contributed by atoms with Crippen LogP contribution in [0.2, 0.25) is 0 Å². The molecule has 1 amide bonds. The van der Waals surface area contributed by atoms with E-state index in [0.717, 1.165) is 25.8 Å². The first-order chi connectivity index (χ1) is 9.53. The second-order valence-corrected chi connectivity index (χ2v) is 4.82. The van der Waals surface area contributed by atoms with E-state index in [0.29, 0.717) is 5.69 Å². The fourth-order valence-corrected chi connectivity index (χ4v) is 2.33. The molecule has 1 saturated heterocycles. The Kier molecular flexibility index (Phi) is 3.21. The van der Waals surface area contributed by atoms with Gasteiger partial charge in [0, 0.05) is 11.8 Å². The van der Waals surface area contributed by atoms with Gasteiger partial charge in [-0.1, -0.05) is 6.42 Å². The average molecular weight is 284 g/mol. The molecule has 2 heterocycles. The molecule has 0 aliphatic carbocycles. The summed E-state index contributed by atoms with van der Waals surface area (Å²) in [6.07, 6.45) is -0.814. The highest BCUT2D eigenvalue weighted by atomic mass is 19.3. The molecular weight excluding hydrogens is 270 g/mol. The fraction of sp³-hybridized carbons (Fsp3) is 0.462. The molecule has 1 unspecified atom stereocenters. The monoisotopic (exact) mass is 284 g/mol. The molecular formula is C13H14F2N2O3. The minimum Gasteiger partial charge on any atom is -0.395 e. The zero-order chi connectivity index (χ0) is 14.2. The molecule has 3 rings (SSSR count). The highest BCUT2D eigenvalue weighted by Gasteiger charge is 2.43. The van der Waals surface area contributed by atoms with Crippen molar-refractivity contribution in [2.75, 3.05) is 11.9 Å². The maximum Gasteiger partial charge on any atom is 0.586 e. The third kappa shape index (κ3) is 2.67. The number of piperidine rings is 1. The average Bonchev–Trinajstić information content (AvgIpc) is 2.73. The molecule has 2 N–H and O–H groups in total. The van der Waals surface area contributed by atoms with Crippen molar-refractivity contribution in [2.24, 2.45) is 0 Å². The van der Waals surface area contributed by atoms with Gasteiger partial charge in [0.25, 0.3) is 0 Å². The van der Waals surface area contributed by atoms with Gasteiger partial charge in [0.1, 0.15) is 0 Å². The van der Waals surface area contributed by atoms with E-state index in [2.05, 4.69) is 20.1 Å². The van der Waals surface area contributed by atoms with Crippen LogP contribution in [-0.2, 0) is 4.79 Å². The lowest BCUT2D eigenvalue weighted by Gasteiger charge is -2.22. The van der Waals surface area contributed by atoms with Crippen LogP contribution in [0.5, 0.6) is 11.5 Å². The van der Waals surface area contributed by atoms with E-state index >= 15 is 0 Å².